The molecule has 6 nitrogen and oxygen atoms in total. The fraction of sp³-hybridized carbons (Fsp3) is 0.462. The molecule has 1 aromatic carbocycles. The van der Waals surface area contributed by atoms with Crippen molar-refractivity contribution in [1.29, 1.82) is 0 Å². The first-order chi connectivity index (χ1) is 9.53. The van der Waals surface area contributed by atoms with Crippen LogP contribution in [0.4, 0.5) is 0 Å². The van der Waals surface area contributed by atoms with Crippen molar-refractivity contribution in [3.63, 3.8) is 0 Å². The number of benzene rings is 1. The van der Waals surface area contributed by atoms with Gasteiger partial charge in [-0.1, -0.05) is 30.3 Å². The first kappa shape index (κ1) is 19.9. The molecule has 0 bridgehead atoms. The molecule has 0 unspecified atom stereocenters. The van der Waals surface area contributed by atoms with Gasteiger partial charge in [0.2, 0.25) is 15.9 Å². The summed E-state index contributed by atoms with van der Waals surface area (Å²) in [4.78, 5) is 11.3. The van der Waals surface area contributed by atoms with Gasteiger partial charge in [0.1, 0.15) is 0 Å². The minimum atomic E-state index is -3.39. The lowest BCUT2D eigenvalue weighted by Crippen LogP contribution is -2.34. The highest BCUT2D eigenvalue weighted by atomic mass is 35.5. The summed E-state index contributed by atoms with van der Waals surface area (Å²) in [7, 11) is -3.39. The van der Waals surface area contributed by atoms with Crippen molar-refractivity contribution in [1.82, 2.24) is 10.0 Å². The first-order valence-electron chi connectivity index (χ1n) is 6.51. The predicted octanol–water partition coefficient (Wildman–Crippen LogP) is 0.383. The molecule has 0 aliphatic heterocycles. The van der Waals surface area contributed by atoms with E-state index in [9.17, 15) is 13.2 Å². The fourth-order valence-electron chi connectivity index (χ4n) is 1.54. The lowest BCUT2D eigenvalue weighted by Gasteiger charge is -2.08. The number of amides is 1. The summed E-state index contributed by atoms with van der Waals surface area (Å²) in [5.41, 5.74) is 6.18. The van der Waals surface area contributed by atoms with Crippen molar-refractivity contribution in [2.24, 2.45) is 5.73 Å². The zero-order chi connectivity index (χ0) is 14.8. The molecule has 0 radical (unpaired) electrons. The summed E-state index contributed by atoms with van der Waals surface area (Å²) in [5.74, 6) is -0.303. The maximum Gasteiger partial charge on any atom is 0.220 e. The maximum atomic E-state index is 11.7. The minimum Gasteiger partial charge on any atom is -0.355 e. The average Bonchev–Trinajstić information content (AvgIpc) is 2.44. The van der Waals surface area contributed by atoms with Gasteiger partial charge in [-0.05, 0) is 18.5 Å². The van der Waals surface area contributed by atoms with Gasteiger partial charge in [-0.25, -0.2) is 13.1 Å². The second-order valence-corrected chi connectivity index (χ2v) is 6.29. The highest BCUT2D eigenvalue weighted by Gasteiger charge is 2.10. The van der Waals surface area contributed by atoms with Crippen LogP contribution in [-0.2, 0) is 21.4 Å². The van der Waals surface area contributed by atoms with Crippen molar-refractivity contribution in [2.75, 3.05) is 18.8 Å². The van der Waals surface area contributed by atoms with Crippen LogP contribution in [0.1, 0.15) is 18.4 Å². The standard InChI is InChI=1S/C13H21N3O3S.ClH/c14-8-4-7-13(17)15-9-10-20(18,19)16-11-12-5-2-1-3-6-12;/h1-3,5-6,16H,4,7-11,14H2,(H,15,17);1H. The van der Waals surface area contributed by atoms with Gasteiger partial charge in [0, 0.05) is 19.5 Å². The van der Waals surface area contributed by atoms with Crippen molar-refractivity contribution in [2.45, 2.75) is 19.4 Å². The van der Waals surface area contributed by atoms with Gasteiger partial charge in [-0.3, -0.25) is 4.79 Å². The summed E-state index contributed by atoms with van der Waals surface area (Å²) in [5, 5.41) is 2.56. The van der Waals surface area contributed by atoms with Gasteiger partial charge in [0.15, 0.2) is 0 Å². The molecule has 0 spiro atoms. The topological polar surface area (TPSA) is 101 Å². The van der Waals surface area contributed by atoms with E-state index in [2.05, 4.69) is 10.0 Å². The SMILES string of the molecule is Cl.NCCCC(=O)NCCS(=O)(=O)NCc1ccccc1. The lowest BCUT2D eigenvalue weighted by molar-refractivity contribution is -0.121. The van der Waals surface area contributed by atoms with Gasteiger partial charge in [0.25, 0.3) is 0 Å². The summed E-state index contributed by atoms with van der Waals surface area (Å²) in [6, 6.07) is 9.26. The first-order valence-corrected chi connectivity index (χ1v) is 8.17. The molecule has 21 heavy (non-hydrogen) atoms. The number of halogens is 1. The van der Waals surface area contributed by atoms with E-state index in [1.807, 2.05) is 30.3 Å². The molecule has 0 saturated carbocycles. The van der Waals surface area contributed by atoms with Crippen LogP contribution < -0.4 is 15.8 Å². The number of hydrogen-bond donors (Lipinski definition) is 3. The Morgan fingerprint density at radius 1 is 1.19 bits per heavy atom. The van der Waals surface area contributed by atoms with Gasteiger partial charge < -0.3 is 11.1 Å². The third-order valence-electron chi connectivity index (χ3n) is 2.64. The molecule has 0 saturated heterocycles. The van der Waals surface area contributed by atoms with Gasteiger partial charge >= 0.3 is 0 Å². The number of hydrogen-bond acceptors (Lipinski definition) is 4. The number of carbonyl (C=O) groups is 1. The Morgan fingerprint density at radius 2 is 1.86 bits per heavy atom. The molecule has 0 fully saturated rings. The fourth-order valence-corrected chi connectivity index (χ4v) is 2.44. The summed E-state index contributed by atoms with van der Waals surface area (Å²) in [6.07, 6.45) is 0.929. The molecule has 1 rings (SSSR count). The molecule has 1 amide bonds. The van der Waals surface area contributed by atoms with Crippen LogP contribution >= 0.6 is 12.4 Å². The molecular formula is C13H22ClN3O3S. The Hall–Kier alpha value is -1.15. The van der Waals surface area contributed by atoms with Gasteiger partial charge in [-0.15, -0.1) is 12.4 Å². The summed E-state index contributed by atoms with van der Waals surface area (Å²) in [6.45, 7) is 0.808. The zero-order valence-corrected chi connectivity index (χ0v) is 13.4. The van der Waals surface area contributed by atoms with E-state index in [-0.39, 0.29) is 37.2 Å². The van der Waals surface area contributed by atoms with Crippen molar-refractivity contribution in [3.8, 4) is 0 Å². The number of nitrogens with two attached hydrogens (primary N) is 1. The Bertz CT molecular complexity index is 509. The summed E-state index contributed by atoms with van der Waals surface area (Å²) < 4.78 is 25.9. The Labute approximate surface area is 132 Å². The molecule has 0 aromatic heterocycles. The largest absolute Gasteiger partial charge is 0.355 e. The van der Waals surface area contributed by atoms with E-state index in [4.69, 9.17) is 5.73 Å². The minimum absolute atomic E-state index is 0. The van der Waals surface area contributed by atoms with E-state index in [1.54, 1.807) is 0 Å². The van der Waals surface area contributed by atoms with E-state index in [1.165, 1.54) is 0 Å². The molecule has 120 valence electrons. The predicted molar refractivity (Wildman–Crippen MR) is 85.6 cm³/mol. The van der Waals surface area contributed by atoms with Crippen molar-refractivity contribution >= 4 is 28.3 Å². The van der Waals surface area contributed by atoms with Crippen LogP contribution in [0.15, 0.2) is 30.3 Å². The molecule has 0 aliphatic rings. The molecule has 1 aromatic rings. The van der Waals surface area contributed by atoms with Crippen LogP contribution in [0.2, 0.25) is 0 Å². The van der Waals surface area contributed by atoms with Crippen molar-refractivity contribution in [3.05, 3.63) is 35.9 Å². The normalized spacial score (nSPS) is 10.7. The van der Waals surface area contributed by atoms with Crippen LogP contribution in [-0.4, -0.2) is 33.2 Å². The molecule has 4 N–H and O–H groups in total. The smallest absolute Gasteiger partial charge is 0.220 e. The monoisotopic (exact) mass is 335 g/mol. The zero-order valence-electron chi connectivity index (χ0n) is 11.7. The number of carbonyl (C=O) groups excluding carboxylic acids is 1. The van der Waals surface area contributed by atoms with Crippen molar-refractivity contribution < 1.29 is 13.2 Å². The van der Waals surface area contributed by atoms with Crippen LogP contribution in [0.25, 0.3) is 0 Å². The number of sulfonamides is 1. The average molecular weight is 336 g/mol. The molecule has 0 aliphatic carbocycles. The van der Waals surface area contributed by atoms with E-state index >= 15 is 0 Å². The van der Waals surface area contributed by atoms with Crippen LogP contribution in [0, 0.1) is 0 Å². The molecule has 0 heterocycles. The summed E-state index contributed by atoms with van der Waals surface area (Å²) >= 11 is 0. The molecule has 8 heteroatoms. The van der Waals surface area contributed by atoms with E-state index in [0.29, 0.717) is 19.4 Å². The Balaban J connectivity index is 0.00000400. The molecule has 0 atom stereocenters. The Kier molecular flexibility index (Phi) is 9.98. The highest BCUT2D eigenvalue weighted by molar-refractivity contribution is 7.89. The highest BCUT2D eigenvalue weighted by Crippen LogP contribution is 1.98. The third kappa shape index (κ3) is 9.41. The van der Waals surface area contributed by atoms with Gasteiger partial charge in [0.05, 0.1) is 5.75 Å². The third-order valence-corrected chi connectivity index (χ3v) is 3.97. The quantitative estimate of drug-likeness (QED) is 0.607. The van der Waals surface area contributed by atoms with Crippen LogP contribution in [0.5, 0.6) is 0 Å². The number of nitrogens with one attached hydrogen (secondary N) is 2. The van der Waals surface area contributed by atoms with E-state index < -0.39 is 10.0 Å². The van der Waals surface area contributed by atoms with E-state index in [0.717, 1.165) is 5.56 Å². The van der Waals surface area contributed by atoms with Crippen LogP contribution in [0.3, 0.4) is 0 Å². The lowest BCUT2D eigenvalue weighted by atomic mass is 10.2. The van der Waals surface area contributed by atoms with Gasteiger partial charge in [-0.2, -0.15) is 0 Å². The second kappa shape index (κ2) is 10.6. The second-order valence-electron chi connectivity index (χ2n) is 4.37. The Morgan fingerprint density at radius 3 is 2.48 bits per heavy atom. The maximum absolute atomic E-state index is 11.7. The number of rotatable bonds is 9. The molecular weight excluding hydrogens is 314 g/mol.